The second-order valence-corrected chi connectivity index (χ2v) is 6.21. The normalized spacial score (nSPS) is 10.6. The SMILES string of the molecule is O=C(NCCCn1cc(Cl)cn1)c1ccn(COc2ccccc2[N+](=O)[O-])n1. The number of nitrogens with zero attached hydrogens (tertiary/aromatic N) is 5. The number of carbonyl (C=O) groups excluding carboxylic acids is 1. The van der Waals surface area contributed by atoms with Crippen LogP contribution in [0.4, 0.5) is 5.69 Å². The number of rotatable bonds is 9. The number of ether oxygens (including phenoxy) is 1. The summed E-state index contributed by atoms with van der Waals surface area (Å²) in [4.78, 5) is 22.6. The summed E-state index contributed by atoms with van der Waals surface area (Å²) in [5.41, 5.74) is 0.0967. The van der Waals surface area contributed by atoms with E-state index in [0.29, 0.717) is 24.5 Å². The zero-order valence-corrected chi connectivity index (χ0v) is 15.5. The van der Waals surface area contributed by atoms with Crippen molar-refractivity contribution in [2.75, 3.05) is 6.54 Å². The molecule has 0 spiro atoms. The molecule has 11 heteroatoms. The van der Waals surface area contributed by atoms with Crippen LogP contribution < -0.4 is 10.1 Å². The van der Waals surface area contributed by atoms with E-state index in [1.807, 2.05) is 0 Å². The number of hydrogen-bond acceptors (Lipinski definition) is 6. The second kappa shape index (κ2) is 9.00. The fourth-order valence-corrected chi connectivity index (χ4v) is 2.57. The molecule has 0 bridgehead atoms. The lowest BCUT2D eigenvalue weighted by Crippen LogP contribution is -2.26. The molecular weight excluding hydrogens is 388 g/mol. The predicted octanol–water partition coefficient (Wildman–Crippen LogP) is 2.50. The van der Waals surface area contributed by atoms with E-state index in [1.54, 1.807) is 41.5 Å². The van der Waals surface area contributed by atoms with Gasteiger partial charge in [0, 0.05) is 31.5 Å². The molecule has 1 N–H and O–H groups in total. The van der Waals surface area contributed by atoms with Crippen molar-refractivity contribution in [2.24, 2.45) is 0 Å². The van der Waals surface area contributed by atoms with Crippen LogP contribution in [-0.2, 0) is 13.3 Å². The van der Waals surface area contributed by atoms with Crippen LogP contribution in [0.2, 0.25) is 5.02 Å². The van der Waals surface area contributed by atoms with Crippen LogP contribution in [0.5, 0.6) is 5.75 Å². The molecule has 28 heavy (non-hydrogen) atoms. The maximum Gasteiger partial charge on any atom is 0.311 e. The van der Waals surface area contributed by atoms with Crippen molar-refractivity contribution in [1.82, 2.24) is 24.9 Å². The molecular formula is C17H17ClN6O4. The van der Waals surface area contributed by atoms with E-state index in [0.717, 1.165) is 0 Å². The Morgan fingerprint density at radius 3 is 2.86 bits per heavy atom. The molecule has 146 valence electrons. The first-order chi connectivity index (χ1) is 13.5. The number of nitrogens with one attached hydrogen (secondary N) is 1. The van der Waals surface area contributed by atoms with Crippen LogP contribution in [0.25, 0.3) is 0 Å². The number of amides is 1. The summed E-state index contributed by atoms with van der Waals surface area (Å²) in [6.07, 6.45) is 5.52. The number of para-hydroxylation sites is 2. The quantitative estimate of drug-likeness (QED) is 0.332. The van der Waals surface area contributed by atoms with Gasteiger partial charge in [0.05, 0.1) is 16.1 Å². The van der Waals surface area contributed by atoms with Gasteiger partial charge >= 0.3 is 5.69 Å². The molecule has 0 unspecified atom stereocenters. The highest BCUT2D eigenvalue weighted by atomic mass is 35.5. The van der Waals surface area contributed by atoms with Crippen molar-refractivity contribution in [2.45, 2.75) is 19.7 Å². The van der Waals surface area contributed by atoms with Crippen LogP contribution in [0.1, 0.15) is 16.9 Å². The summed E-state index contributed by atoms with van der Waals surface area (Å²) in [5, 5.41) is 22.5. The molecule has 2 aromatic heterocycles. The molecule has 10 nitrogen and oxygen atoms in total. The van der Waals surface area contributed by atoms with Gasteiger partial charge in [-0.25, -0.2) is 4.68 Å². The molecule has 3 aromatic rings. The second-order valence-electron chi connectivity index (χ2n) is 5.77. The molecule has 0 aliphatic carbocycles. The minimum atomic E-state index is -0.519. The standard InChI is InChI=1S/C17H17ClN6O4/c18-13-10-20-22(11-13)8-3-7-19-17(25)14-6-9-23(21-14)12-28-16-5-2-1-4-15(16)24(26)27/h1-2,4-6,9-11H,3,7-8,12H2,(H,19,25). The summed E-state index contributed by atoms with van der Waals surface area (Å²) in [7, 11) is 0. The highest BCUT2D eigenvalue weighted by Crippen LogP contribution is 2.25. The van der Waals surface area contributed by atoms with E-state index in [1.165, 1.54) is 16.8 Å². The average Bonchev–Trinajstić information content (AvgIpc) is 3.32. The van der Waals surface area contributed by atoms with Gasteiger partial charge in [0.25, 0.3) is 5.91 Å². The highest BCUT2D eigenvalue weighted by molar-refractivity contribution is 6.30. The largest absolute Gasteiger partial charge is 0.464 e. The summed E-state index contributed by atoms with van der Waals surface area (Å²) in [6.45, 7) is 1.03. The van der Waals surface area contributed by atoms with E-state index in [2.05, 4.69) is 15.5 Å². The van der Waals surface area contributed by atoms with Gasteiger partial charge in [0.2, 0.25) is 0 Å². The first kappa shape index (κ1) is 19.4. The Morgan fingerprint density at radius 2 is 2.11 bits per heavy atom. The molecule has 0 aliphatic rings. The topological polar surface area (TPSA) is 117 Å². The Morgan fingerprint density at radius 1 is 1.29 bits per heavy atom. The van der Waals surface area contributed by atoms with Gasteiger partial charge in [-0.15, -0.1) is 0 Å². The van der Waals surface area contributed by atoms with E-state index < -0.39 is 4.92 Å². The molecule has 0 fully saturated rings. The Kier molecular flexibility index (Phi) is 6.22. The fraction of sp³-hybridized carbons (Fsp3) is 0.235. The fourth-order valence-electron chi connectivity index (χ4n) is 2.41. The zero-order valence-electron chi connectivity index (χ0n) is 14.7. The van der Waals surface area contributed by atoms with E-state index >= 15 is 0 Å². The molecule has 3 rings (SSSR count). The average molecular weight is 405 g/mol. The van der Waals surface area contributed by atoms with Crippen LogP contribution in [0.15, 0.2) is 48.9 Å². The number of halogens is 1. The van der Waals surface area contributed by atoms with Gasteiger partial charge in [-0.1, -0.05) is 23.7 Å². The van der Waals surface area contributed by atoms with Crippen molar-refractivity contribution in [3.05, 3.63) is 69.8 Å². The number of aryl methyl sites for hydroxylation is 1. The van der Waals surface area contributed by atoms with Crippen molar-refractivity contribution in [1.29, 1.82) is 0 Å². The molecule has 0 saturated heterocycles. The summed E-state index contributed by atoms with van der Waals surface area (Å²) < 4.78 is 8.52. The van der Waals surface area contributed by atoms with Crippen molar-refractivity contribution < 1.29 is 14.5 Å². The maximum atomic E-state index is 12.1. The van der Waals surface area contributed by atoms with Gasteiger partial charge in [0.1, 0.15) is 5.69 Å². The van der Waals surface area contributed by atoms with Crippen molar-refractivity contribution >= 4 is 23.2 Å². The van der Waals surface area contributed by atoms with Gasteiger partial charge in [-0.3, -0.25) is 19.6 Å². The third-order valence-electron chi connectivity index (χ3n) is 3.74. The first-order valence-corrected chi connectivity index (χ1v) is 8.76. The van der Waals surface area contributed by atoms with Crippen LogP contribution >= 0.6 is 11.6 Å². The molecule has 0 atom stereocenters. The van der Waals surface area contributed by atoms with Crippen LogP contribution in [0, 0.1) is 10.1 Å². The third kappa shape index (κ3) is 5.07. The monoisotopic (exact) mass is 404 g/mol. The molecule has 0 radical (unpaired) electrons. The number of nitro benzene ring substituents is 1. The minimum Gasteiger partial charge on any atom is -0.464 e. The zero-order chi connectivity index (χ0) is 19.9. The Bertz CT molecular complexity index is 970. The predicted molar refractivity (Wildman–Crippen MR) is 100 cm³/mol. The lowest BCUT2D eigenvalue weighted by molar-refractivity contribution is -0.386. The summed E-state index contributed by atoms with van der Waals surface area (Å²) in [6, 6.07) is 7.60. The molecule has 1 aromatic carbocycles. The molecule has 0 saturated carbocycles. The molecule has 2 heterocycles. The van der Waals surface area contributed by atoms with Crippen LogP contribution in [-0.4, -0.2) is 36.9 Å². The molecule has 0 aliphatic heterocycles. The number of benzene rings is 1. The highest BCUT2D eigenvalue weighted by Gasteiger charge is 2.14. The van der Waals surface area contributed by atoms with E-state index in [4.69, 9.17) is 16.3 Å². The van der Waals surface area contributed by atoms with Gasteiger partial charge < -0.3 is 10.1 Å². The van der Waals surface area contributed by atoms with Crippen LogP contribution in [0.3, 0.4) is 0 Å². The third-order valence-corrected chi connectivity index (χ3v) is 3.93. The van der Waals surface area contributed by atoms with E-state index in [-0.39, 0.29) is 29.8 Å². The maximum absolute atomic E-state index is 12.1. The Labute approximate surface area is 164 Å². The van der Waals surface area contributed by atoms with Gasteiger partial charge in [-0.2, -0.15) is 10.2 Å². The first-order valence-electron chi connectivity index (χ1n) is 8.39. The van der Waals surface area contributed by atoms with E-state index in [9.17, 15) is 14.9 Å². The van der Waals surface area contributed by atoms with Crippen molar-refractivity contribution in [3.63, 3.8) is 0 Å². The minimum absolute atomic E-state index is 0.0573. The number of carbonyl (C=O) groups is 1. The summed E-state index contributed by atoms with van der Waals surface area (Å²) in [5.74, 6) is -0.185. The lowest BCUT2D eigenvalue weighted by Gasteiger charge is -2.06. The number of aromatic nitrogens is 4. The van der Waals surface area contributed by atoms with Gasteiger partial charge in [-0.05, 0) is 18.6 Å². The Hall–Kier alpha value is -3.40. The smallest absolute Gasteiger partial charge is 0.311 e. The Balaban J connectivity index is 1.47. The molecule has 1 amide bonds. The summed E-state index contributed by atoms with van der Waals surface area (Å²) >= 11 is 5.79. The number of nitro groups is 1. The van der Waals surface area contributed by atoms with Gasteiger partial charge in [0.15, 0.2) is 12.5 Å². The number of hydrogen-bond donors (Lipinski definition) is 1. The van der Waals surface area contributed by atoms with Crippen molar-refractivity contribution in [3.8, 4) is 5.75 Å². The lowest BCUT2D eigenvalue weighted by atomic mass is 10.3.